The zero-order chi connectivity index (χ0) is 13.6. The third-order valence-corrected chi connectivity index (χ3v) is 4.13. The first-order valence-electron chi connectivity index (χ1n) is 7.88. The molecular weight excluding hydrogens is 220 g/mol. The maximum atomic E-state index is 3.74. The van der Waals surface area contributed by atoms with Gasteiger partial charge < -0.3 is 10.2 Å². The van der Waals surface area contributed by atoms with Gasteiger partial charge in [0.05, 0.1) is 0 Å². The average Bonchev–Trinajstić information content (AvgIpc) is 2.28. The van der Waals surface area contributed by atoms with Crippen LogP contribution in [0.15, 0.2) is 0 Å². The number of nitrogens with one attached hydrogen (secondary N) is 1. The summed E-state index contributed by atoms with van der Waals surface area (Å²) in [4.78, 5) is 2.65. The Kier molecular flexibility index (Phi) is 6.65. The zero-order valence-electron chi connectivity index (χ0n) is 13.3. The van der Waals surface area contributed by atoms with Crippen molar-refractivity contribution in [2.45, 2.75) is 66.3 Å². The number of piperidine rings is 1. The topological polar surface area (TPSA) is 15.3 Å². The fourth-order valence-electron chi connectivity index (χ4n) is 2.86. The van der Waals surface area contributed by atoms with Crippen LogP contribution in [0, 0.1) is 11.3 Å². The summed E-state index contributed by atoms with van der Waals surface area (Å²) in [7, 11) is 0. The highest BCUT2D eigenvalue weighted by molar-refractivity contribution is 4.80. The average molecular weight is 254 g/mol. The van der Waals surface area contributed by atoms with Crippen molar-refractivity contribution < 1.29 is 0 Å². The first-order valence-corrected chi connectivity index (χ1v) is 7.88. The molecule has 2 heteroatoms. The fraction of sp³-hybridized carbons (Fsp3) is 1.00. The highest BCUT2D eigenvalue weighted by Crippen LogP contribution is 2.21. The lowest BCUT2D eigenvalue weighted by Crippen LogP contribution is -2.45. The van der Waals surface area contributed by atoms with Gasteiger partial charge in [-0.3, -0.25) is 0 Å². The van der Waals surface area contributed by atoms with Gasteiger partial charge in [-0.25, -0.2) is 0 Å². The van der Waals surface area contributed by atoms with Crippen molar-refractivity contribution in [3.63, 3.8) is 0 Å². The van der Waals surface area contributed by atoms with Crippen molar-refractivity contribution >= 4 is 0 Å². The number of nitrogens with zero attached hydrogens (tertiary/aromatic N) is 1. The lowest BCUT2D eigenvalue weighted by atomic mass is 9.90. The van der Waals surface area contributed by atoms with Crippen molar-refractivity contribution in [3.05, 3.63) is 0 Å². The van der Waals surface area contributed by atoms with Crippen molar-refractivity contribution in [3.8, 4) is 0 Å². The van der Waals surface area contributed by atoms with Gasteiger partial charge in [0, 0.05) is 12.6 Å². The van der Waals surface area contributed by atoms with E-state index in [0.717, 1.165) is 12.5 Å². The van der Waals surface area contributed by atoms with Gasteiger partial charge >= 0.3 is 0 Å². The standard InChI is InChI=1S/C16H34N2/c1-6-11-18-12-7-8-15(13-18)14(2)17-10-9-16(3,4)5/h14-15,17H,6-13H2,1-5H3. The lowest BCUT2D eigenvalue weighted by Gasteiger charge is -2.36. The summed E-state index contributed by atoms with van der Waals surface area (Å²) in [6, 6.07) is 0.673. The third-order valence-electron chi connectivity index (χ3n) is 4.13. The summed E-state index contributed by atoms with van der Waals surface area (Å²) in [6.07, 6.45) is 5.35. The predicted molar refractivity (Wildman–Crippen MR) is 81.0 cm³/mol. The molecule has 18 heavy (non-hydrogen) atoms. The minimum atomic E-state index is 0.452. The number of hydrogen-bond acceptors (Lipinski definition) is 2. The van der Waals surface area contributed by atoms with Gasteiger partial charge in [-0.15, -0.1) is 0 Å². The molecular formula is C16H34N2. The Morgan fingerprint density at radius 2 is 2.06 bits per heavy atom. The van der Waals surface area contributed by atoms with Crippen LogP contribution in [0.3, 0.4) is 0 Å². The minimum absolute atomic E-state index is 0.452. The van der Waals surface area contributed by atoms with E-state index in [4.69, 9.17) is 0 Å². The first-order chi connectivity index (χ1) is 8.42. The van der Waals surface area contributed by atoms with Gasteiger partial charge in [0.1, 0.15) is 0 Å². The van der Waals surface area contributed by atoms with Crippen molar-refractivity contribution in [1.29, 1.82) is 0 Å². The maximum Gasteiger partial charge on any atom is 0.00792 e. The quantitative estimate of drug-likeness (QED) is 0.780. The molecule has 1 saturated heterocycles. The van der Waals surface area contributed by atoms with Crippen LogP contribution in [-0.2, 0) is 0 Å². The molecule has 1 heterocycles. The van der Waals surface area contributed by atoms with E-state index < -0.39 is 0 Å². The Balaban J connectivity index is 2.26. The minimum Gasteiger partial charge on any atom is -0.314 e. The maximum absolute atomic E-state index is 3.74. The van der Waals surface area contributed by atoms with Crippen LogP contribution in [0.5, 0.6) is 0 Å². The molecule has 2 unspecified atom stereocenters. The van der Waals surface area contributed by atoms with Gasteiger partial charge in [0.15, 0.2) is 0 Å². The molecule has 0 spiro atoms. The summed E-state index contributed by atoms with van der Waals surface area (Å²) in [5.74, 6) is 0.852. The highest BCUT2D eigenvalue weighted by atomic mass is 15.1. The molecule has 0 aromatic rings. The Labute approximate surface area is 115 Å². The van der Waals surface area contributed by atoms with Crippen LogP contribution in [0.4, 0.5) is 0 Å². The SMILES string of the molecule is CCCN1CCCC(C(C)NCCC(C)(C)C)C1. The van der Waals surface area contributed by atoms with Gasteiger partial charge in [0.2, 0.25) is 0 Å². The van der Waals surface area contributed by atoms with Gasteiger partial charge in [-0.05, 0) is 63.6 Å². The van der Waals surface area contributed by atoms with Crippen molar-refractivity contribution in [2.75, 3.05) is 26.2 Å². The van der Waals surface area contributed by atoms with Crippen LogP contribution in [0.1, 0.15) is 60.3 Å². The molecule has 2 nitrogen and oxygen atoms in total. The summed E-state index contributed by atoms with van der Waals surface area (Å²) in [5.41, 5.74) is 0.452. The fourth-order valence-corrected chi connectivity index (χ4v) is 2.86. The molecule has 0 aliphatic carbocycles. The zero-order valence-corrected chi connectivity index (χ0v) is 13.3. The molecule has 108 valence electrons. The Hall–Kier alpha value is -0.0800. The summed E-state index contributed by atoms with van der Waals surface area (Å²) in [6.45, 7) is 16.7. The molecule has 0 bridgehead atoms. The second-order valence-electron chi connectivity index (χ2n) is 7.26. The number of rotatable bonds is 6. The van der Waals surface area contributed by atoms with E-state index in [1.165, 1.54) is 45.3 Å². The second kappa shape index (κ2) is 7.49. The van der Waals surface area contributed by atoms with Crippen molar-refractivity contribution in [1.82, 2.24) is 10.2 Å². The Bertz CT molecular complexity index is 218. The van der Waals surface area contributed by atoms with Crippen LogP contribution in [0.25, 0.3) is 0 Å². The van der Waals surface area contributed by atoms with E-state index in [-0.39, 0.29) is 0 Å². The van der Waals surface area contributed by atoms with Gasteiger partial charge in [-0.1, -0.05) is 27.7 Å². The van der Waals surface area contributed by atoms with Crippen LogP contribution in [-0.4, -0.2) is 37.1 Å². The number of likely N-dealkylation sites (tertiary alicyclic amines) is 1. The molecule has 0 aromatic carbocycles. The molecule has 1 aliphatic heterocycles. The molecule has 0 aromatic heterocycles. The molecule has 2 atom stereocenters. The van der Waals surface area contributed by atoms with Gasteiger partial charge in [-0.2, -0.15) is 0 Å². The largest absolute Gasteiger partial charge is 0.314 e. The molecule has 0 radical (unpaired) electrons. The van der Waals surface area contributed by atoms with Crippen LogP contribution >= 0.6 is 0 Å². The van der Waals surface area contributed by atoms with Crippen LogP contribution < -0.4 is 5.32 Å². The first kappa shape index (κ1) is 16.0. The van der Waals surface area contributed by atoms with E-state index in [1.54, 1.807) is 0 Å². The molecule has 1 aliphatic rings. The third kappa shape index (κ3) is 6.19. The highest BCUT2D eigenvalue weighted by Gasteiger charge is 2.24. The Morgan fingerprint density at radius 1 is 1.33 bits per heavy atom. The second-order valence-corrected chi connectivity index (χ2v) is 7.26. The summed E-state index contributed by atoms with van der Waals surface area (Å²) < 4.78 is 0. The smallest absolute Gasteiger partial charge is 0.00792 e. The van der Waals surface area contributed by atoms with E-state index >= 15 is 0 Å². The summed E-state index contributed by atoms with van der Waals surface area (Å²) in [5, 5.41) is 3.74. The van der Waals surface area contributed by atoms with E-state index in [9.17, 15) is 0 Å². The monoisotopic (exact) mass is 254 g/mol. The van der Waals surface area contributed by atoms with E-state index in [1.807, 2.05) is 0 Å². The Morgan fingerprint density at radius 3 is 2.67 bits per heavy atom. The van der Waals surface area contributed by atoms with Crippen molar-refractivity contribution in [2.24, 2.45) is 11.3 Å². The molecule has 0 saturated carbocycles. The van der Waals surface area contributed by atoms with Gasteiger partial charge in [0.25, 0.3) is 0 Å². The van der Waals surface area contributed by atoms with E-state index in [0.29, 0.717) is 11.5 Å². The predicted octanol–water partition coefficient (Wildman–Crippen LogP) is 3.52. The molecule has 1 rings (SSSR count). The van der Waals surface area contributed by atoms with Crippen LogP contribution in [0.2, 0.25) is 0 Å². The van der Waals surface area contributed by atoms with E-state index in [2.05, 4.69) is 44.8 Å². The molecule has 1 fully saturated rings. The molecule has 1 N–H and O–H groups in total. The molecule has 0 amide bonds. The normalized spacial score (nSPS) is 24.2. The lowest BCUT2D eigenvalue weighted by molar-refractivity contribution is 0.149. The number of hydrogen-bond donors (Lipinski definition) is 1. The summed E-state index contributed by atoms with van der Waals surface area (Å²) >= 11 is 0.